The molecule has 1 heterocycles. The van der Waals surface area contributed by atoms with Gasteiger partial charge in [-0.25, -0.2) is 0 Å². The van der Waals surface area contributed by atoms with E-state index in [9.17, 15) is 0 Å². The van der Waals surface area contributed by atoms with Crippen molar-refractivity contribution in [3.63, 3.8) is 0 Å². The Morgan fingerprint density at radius 3 is 2.67 bits per heavy atom. The second-order valence-corrected chi connectivity index (χ2v) is 6.61. The number of benzene rings is 1. The van der Waals surface area contributed by atoms with Crippen LogP contribution in [0.3, 0.4) is 0 Å². The van der Waals surface area contributed by atoms with E-state index in [0.717, 1.165) is 12.5 Å². The lowest BCUT2D eigenvalue weighted by atomic mass is 9.95. The standard InChI is InChI=1S/C19H32N2/c1-4-6-10-17(5-2)15-21-14-16(3)20-13-19(21)18-11-8-7-9-12-18/h7-9,11-12,16-17,19-20H,4-6,10,13-15H2,1-3H3. The lowest BCUT2D eigenvalue weighted by Gasteiger charge is -2.41. The molecule has 1 saturated heterocycles. The Hall–Kier alpha value is -0.860. The van der Waals surface area contributed by atoms with Gasteiger partial charge in [0.05, 0.1) is 0 Å². The van der Waals surface area contributed by atoms with Crippen molar-refractivity contribution in [3.05, 3.63) is 35.9 Å². The number of unbranched alkanes of at least 4 members (excludes halogenated alkanes) is 1. The Labute approximate surface area is 130 Å². The van der Waals surface area contributed by atoms with E-state index in [1.807, 2.05) is 0 Å². The van der Waals surface area contributed by atoms with Crippen LogP contribution in [0.1, 0.15) is 58.1 Å². The topological polar surface area (TPSA) is 15.3 Å². The highest BCUT2D eigenvalue weighted by molar-refractivity contribution is 5.20. The van der Waals surface area contributed by atoms with E-state index in [1.165, 1.54) is 44.3 Å². The third-order valence-electron chi connectivity index (χ3n) is 4.83. The molecule has 1 aromatic carbocycles. The van der Waals surface area contributed by atoms with Gasteiger partial charge in [-0.1, -0.05) is 63.4 Å². The first-order chi connectivity index (χ1) is 10.2. The summed E-state index contributed by atoms with van der Waals surface area (Å²) in [5.74, 6) is 0.849. The van der Waals surface area contributed by atoms with Gasteiger partial charge in [-0.2, -0.15) is 0 Å². The van der Waals surface area contributed by atoms with E-state index in [4.69, 9.17) is 0 Å². The molecule has 21 heavy (non-hydrogen) atoms. The molecular formula is C19H32N2. The summed E-state index contributed by atoms with van der Waals surface area (Å²) in [4.78, 5) is 2.72. The predicted octanol–water partition coefficient (Wildman–Crippen LogP) is 4.24. The average Bonchev–Trinajstić information content (AvgIpc) is 2.52. The molecule has 0 radical (unpaired) electrons. The molecule has 0 saturated carbocycles. The minimum Gasteiger partial charge on any atom is -0.311 e. The Morgan fingerprint density at radius 1 is 1.24 bits per heavy atom. The number of hydrogen-bond donors (Lipinski definition) is 1. The summed E-state index contributed by atoms with van der Waals surface area (Å²) in [6.45, 7) is 10.5. The second kappa shape index (κ2) is 8.55. The number of nitrogens with zero attached hydrogens (tertiary/aromatic N) is 1. The van der Waals surface area contributed by atoms with Gasteiger partial charge in [0, 0.05) is 31.7 Å². The molecule has 0 amide bonds. The number of rotatable bonds is 7. The molecule has 1 aliphatic heterocycles. The fraction of sp³-hybridized carbons (Fsp3) is 0.684. The van der Waals surface area contributed by atoms with E-state index in [0.29, 0.717) is 12.1 Å². The minimum atomic E-state index is 0.540. The predicted molar refractivity (Wildman–Crippen MR) is 91.5 cm³/mol. The molecule has 1 aliphatic rings. The molecular weight excluding hydrogens is 256 g/mol. The van der Waals surface area contributed by atoms with Crippen molar-refractivity contribution in [1.29, 1.82) is 0 Å². The van der Waals surface area contributed by atoms with Gasteiger partial charge in [0.1, 0.15) is 0 Å². The maximum Gasteiger partial charge on any atom is 0.0473 e. The largest absolute Gasteiger partial charge is 0.311 e. The van der Waals surface area contributed by atoms with E-state index < -0.39 is 0 Å². The van der Waals surface area contributed by atoms with Crippen LogP contribution in [0.15, 0.2) is 30.3 Å². The molecule has 1 N–H and O–H groups in total. The van der Waals surface area contributed by atoms with Gasteiger partial charge in [0.15, 0.2) is 0 Å². The average molecular weight is 288 g/mol. The highest BCUT2D eigenvalue weighted by Crippen LogP contribution is 2.26. The third kappa shape index (κ3) is 4.82. The lowest BCUT2D eigenvalue weighted by molar-refractivity contribution is 0.110. The maximum atomic E-state index is 3.65. The highest BCUT2D eigenvalue weighted by Gasteiger charge is 2.28. The van der Waals surface area contributed by atoms with Crippen LogP contribution >= 0.6 is 0 Å². The summed E-state index contributed by atoms with van der Waals surface area (Å²) in [6, 6.07) is 12.2. The summed E-state index contributed by atoms with van der Waals surface area (Å²) in [6.07, 6.45) is 5.37. The van der Waals surface area contributed by atoms with Crippen LogP contribution in [0.4, 0.5) is 0 Å². The van der Waals surface area contributed by atoms with Gasteiger partial charge < -0.3 is 5.32 Å². The maximum absolute atomic E-state index is 3.65. The molecule has 1 aromatic rings. The van der Waals surface area contributed by atoms with Crippen molar-refractivity contribution >= 4 is 0 Å². The quantitative estimate of drug-likeness (QED) is 0.807. The zero-order chi connectivity index (χ0) is 15.1. The van der Waals surface area contributed by atoms with Gasteiger partial charge in [-0.05, 0) is 24.8 Å². The number of piperazine rings is 1. The van der Waals surface area contributed by atoms with Crippen LogP contribution in [-0.4, -0.2) is 30.6 Å². The molecule has 3 atom stereocenters. The number of nitrogens with one attached hydrogen (secondary N) is 1. The van der Waals surface area contributed by atoms with E-state index in [-0.39, 0.29) is 0 Å². The summed E-state index contributed by atoms with van der Waals surface area (Å²) in [5.41, 5.74) is 1.46. The lowest BCUT2D eigenvalue weighted by Crippen LogP contribution is -2.52. The first-order valence-electron chi connectivity index (χ1n) is 8.77. The van der Waals surface area contributed by atoms with Crippen molar-refractivity contribution < 1.29 is 0 Å². The summed E-state index contributed by atoms with van der Waals surface area (Å²) >= 11 is 0. The monoisotopic (exact) mass is 288 g/mol. The molecule has 3 unspecified atom stereocenters. The van der Waals surface area contributed by atoms with Crippen molar-refractivity contribution in [1.82, 2.24) is 10.2 Å². The van der Waals surface area contributed by atoms with E-state index in [1.54, 1.807) is 0 Å². The molecule has 2 heteroatoms. The fourth-order valence-electron chi connectivity index (χ4n) is 3.44. The van der Waals surface area contributed by atoms with Crippen molar-refractivity contribution in [2.75, 3.05) is 19.6 Å². The number of hydrogen-bond acceptors (Lipinski definition) is 2. The normalized spacial score (nSPS) is 24.9. The van der Waals surface area contributed by atoms with Crippen LogP contribution in [0.5, 0.6) is 0 Å². The molecule has 1 fully saturated rings. The van der Waals surface area contributed by atoms with Gasteiger partial charge in [-0.15, -0.1) is 0 Å². The van der Waals surface area contributed by atoms with Gasteiger partial charge in [-0.3, -0.25) is 4.90 Å². The Kier molecular flexibility index (Phi) is 6.72. The summed E-state index contributed by atoms with van der Waals surface area (Å²) in [5, 5.41) is 3.65. The van der Waals surface area contributed by atoms with Gasteiger partial charge >= 0.3 is 0 Å². The zero-order valence-corrected chi connectivity index (χ0v) is 14.0. The minimum absolute atomic E-state index is 0.540. The molecule has 2 rings (SSSR count). The van der Waals surface area contributed by atoms with E-state index in [2.05, 4.69) is 61.3 Å². The fourth-order valence-corrected chi connectivity index (χ4v) is 3.44. The Morgan fingerprint density at radius 2 is 2.00 bits per heavy atom. The first-order valence-corrected chi connectivity index (χ1v) is 8.77. The molecule has 0 spiro atoms. The summed E-state index contributed by atoms with van der Waals surface area (Å²) < 4.78 is 0. The van der Waals surface area contributed by atoms with Crippen molar-refractivity contribution in [3.8, 4) is 0 Å². The first kappa shape index (κ1) is 16.5. The molecule has 2 nitrogen and oxygen atoms in total. The molecule has 0 aromatic heterocycles. The molecule has 0 aliphatic carbocycles. The second-order valence-electron chi connectivity index (χ2n) is 6.61. The Balaban J connectivity index is 2.04. The third-order valence-corrected chi connectivity index (χ3v) is 4.83. The van der Waals surface area contributed by atoms with Gasteiger partial charge in [0.2, 0.25) is 0 Å². The van der Waals surface area contributed by atoms with E-state index >= 15 is 0 Å². The van der Waals surface area contributed by atoms with Crippen LogP contribution in [-0.2, 0) is 0 Å². The molecule has 118 valence electrons. The zero-order valence-electron chi connectivity index (χ0n) is 14.0. The van der Waals surface area contributed by atoms with Crippen molar-refractivity contribution in [2.24, 2.45) is 5.92 Å². The van der Waals surface area contributed by atoms with Crippen LogP contribution in [0.2, 0.25) is 0 Å². The van der Waals surface area contributed by atoms with Crippen LogP contribution in [0, 0.1) is 5.92 Å². The Bertz CT molecular complexity index is 390. The van der Waals surface area contributed by atoms with Crippen LogP contribution < -0.4 is 5.32 Å². The summed E-state index contributed by atoms with van der Waals surface area (Å²) in [7, 11) is 0. The van der Waals surface area contributed by atoms with Crippen molar-refractivity contribution in [2.45, 2.75) is 58.5 Å². The highest BCUT2D eigenvalue weighted by atomic mass is 15.2. The SMILES string of the molecule is CCCCC(CC)CN1CC(C)NCC1c1ccccc1. The van der Waals surface area contributed by atoms with Gasteiger partial charge in [0.25, 0.3) is 0 Å². The smallest absolute Gasteiger partial charge is 0.0473 e. The molecule has 0 bridgehead atoms. The van der Waals surface area contributed by atoms with Crippen LogP contribution in [0.25, 0.3) is 0 Å².